The summed E-state index contributed by atoms with van der Waals surface area (Å²) < 4.78 is 6.69. The second-order valence-corrected chi connectivity index (χ2v) is 6.04. The molecule has 24 heavy (non-hydrogen) atoms. The van der Waals surface area contributed by atoms with Crippen LogP contribution in [0.25, 0.3) is 22.0 Å². The number of aryl methyl sites for hydroxylation is 1. The van der Waals surface area contributed by atoms with Gasteiger partial charge in [-0.3, -0.25) is 9.55 Å². The summed E-state index contributed by atoms with van der Waals surface area (Å²) in [4.78, 5) is 16.0. The van der Waals surface area contributed by atoms with Crippen molar-refractivity contribution in [3.63, 3.8) is 0 Å². The molecule has 1 N–H and O–H groups in total. The molecule has 4 rings (SSSR count). The summed E-state index contributed by atoms with van der Waals surface area (Å²) in [6, 6.07) is 13.3. The minimum absolute atomic E-state index is 0.368. The van der Waals surface area contributed by atoms with E-state index >= 15 is 0 Å². The van der Waals surface area contributed by atoms with Crippen molar-refractivity contribution in [2.24, 2.45) is 7.05 Å². The third-order valence-corrected chi connectivity index (χ3v) is 4.24. The molecule has 0 fully saturated rings. The minimum Gasteiger partial charge on any atom is -0.408 e. The minimum atomic E-state index is -0.368. The highest BCUT2D eigenvalue weighted by molar-refractivity contribution is 6.31. The van der Waals surface area contributed by atoms with E-state index in [-0.39, 0.29) is 5.76 Å². The molecule has 2 aromatic heterocycles. The van der Waals surface area contributed by atoms with Gasteiger partial charge in [-0.1, -0.05) is 17.7 Å². The van der Waals surface area contributed by atoms with Crippen molar-refractivity contribution < 1.29 is 4.42 Å². The van der Waals surface area contributed by atoms with Crippen LogP contribution in [0.3, 0.4) is 0 Å². The molecule has 4 aromatic rings. The Morgan fingerprint density at radius 2 is 2.12 bits per heavy atom. The van der Waals surface area contributed by atoms with Crippen LogP contribution in [-0.4, -0.2) is 9.55 Å². The molecule has 0 amide bonds. The van der Waals surface area contributed by atoms with Crippen molar-refractivity contribution >= 4 is 39.3 Å². The number of benzene rings is 2. The van der Waals surface area contributed by atoms with E-state index in [9.17, 15) is 4.79 Å². The van der Waals surface area contributed by atoms with Crippen molar-refractivity contribution in [3.8, 4) is 0 Å². The van der Waals surface area contributed by atoms with Gasteiger partial charge >= 0.3 is 5.76 Å². The first-order valence-corrected chi connectivity index (χ1v) is 7.86. The summed E-state index contributed by atoms with van der Waals surface area (Å²) in [5.74, 6) is -0.368. The van der Waals surface area contributed by atoms with Gasteiger partial charge < -0.3 is 9.73 Å². The maximum atomic E-state index is 11.6. The first-order chi connectivity index (χ1) is 11.6. The Kier molecular flexibility index (Phi) is 3.50. The monoisotopic (exact) mass is 339 g/mol. The number of nitrogens with one attached hydrogen (secondary N) is 1. The third kappa shape index (κ3) is 2.53. The predicted molar refractivity (Wildman–Crippen MR) is 95.5 cm³/mol. The fourth-order valence-corrected chi connectivity index (χ4v) is 3.05. The predicted octanol–water partition coefficient (Wildman–Crippen LogP) is 3.95. The Bertz CT molecular complexity index is 1110. The first kappa shape index (κ1) is 14.8. The van der Waals surface area contributed by atoms with E-state index in [1.807, 2.05) is 42.5 Å². The van der Waals surface area contributed by atoms with Crippen LogP contribution in [0.4, 0.5) is 5.69 Å². The molecule has 0 radical (unpaired) electrons. The largest absolute Gasteiger partial charge is 0.419 e. The Hall–Kier alpha value is -2.79. The zero-order valence-corrected chi connectivity index (χ0v) is 13.7. The number of nitrogens with zero attached hydrogens (tertiary/aromatic N) is 2. The van der Waals surface area contributed by atoms with Crippen molar-refractivity contribution in [2.75, 3.05) is 5.32 Å². The smallest absolute Gasteiger partial charge is 0.408 e. The van der Waals surface area contributed by atoms with Gasteiger partial charge in [0.2, 0.25) is 0 Å². The zero-order valence-electron chi connectivity index (χ0n) is 12.9. The summed E-state index contributed by atoms with van der Waals surface area (Å²) in [7, 11) is 1.69. The zero-order chi connectivity index (χ0) is 16.7. The second kappa shape index (κ2) is 5.69. The molecule has 2 aromatic carbocycles. The van der Waals surface area contributed by atoms with Gasteiger partial charge in [0.1, 0.15) is 0 Å². The molecule has 0 aliphatic heterocycles. The lowest BCUT2D eigenvalue weighted by Gasteiger charge is -2.09. The Balaban J connectivity index is 1.67. The number of oxazole rings is 1. The summed E-state index contributed by atoms with van der Waals surface area (Å²) in [6.45, 7) is 0.566. The molecule has 0 aliphatic rings. The van der Waals surface area contributed by atoms with Crippen LogP contribution in [0.2, 0.25) is 5.02 Å². The molecular formula is C18H14ClN3O2. The van der Waals surface area contributed by atoms with E-state index in [1.165, 1.54) is 4.57 Å². The molecule has 0 atom stereocenters. The molecule has 0 saturated carbocycles. The van der Waals surface area contributed by atoms with Crippen molar-refractivity contribution in [1.29, 1.82) is 0 Å². The Morgan fingerprint density at radius 3 is 3.00 bits per heavy atom. The number of aromatic nitrogens is 2. The summed E-state index contributed by atoms with van der Waals surface area (Å²) >= 11 is 6.20. The fourth-order valence-electron chi connectivity index (χ4n) is 2.80. The molecular weight excluding hydrogens is 326 g/mol. The van der Waals surface area contributed by atoms with Gasteiger partial charge in [-0.2, -0.15) is 0 Å². The van der Waals surface area contributed by atoms with E-state index in [2.05, 4.69) is 10.3 Å². The van der Waals surface area contributed by atoms with Crippen molar-refractivity contribution in [2.45, 2.75) is 6.54 Å². The molecule has 5 nitrogen and oxygen atoms in total. The van der Waals surface area contributed by atoms with Crippen LogP contribution < -0.4 is 11.1 Å². The molecule has 0 unspecified atom stereocenters. The molecule has 0 saturated heterocycles. The lowest BCUT2D eigenvalue weighted by atomic mass is 10.1. The quantitative estimate of drug-likeness (QED) is 0.614. The van der Waals surface area contributed by atoms with E-state index in [1.54, 1.807) is 13.2 Å². The molecule has 120 valence electrons. The third-order valence-electron chi connectivity index (χ3n) is 4.02. The standard InChI is InChI=1S/C18H14ClN3O2/c1-22-15-5-4-14(9-16(15)24-18(22)23)21-10-12-8-13(19)7-11-3-2-6-20-17(11)12/h2-9,21H,10H2,1H3. The fraction of sp³-hybridized carbons (Fsp3) is 0.111. The van der Waals surface area contributed by atoms with Gasteiger partial charge in [-0.05, 0) is 35.9 Å². The normalized spacial score (nSPS) is 11.2. The van der Waals surface area contributed by atoms with Gasteiger partial charge in [0.25, 0.3) is 0 Å². The highest BCUT2D eigenvalue weighted by Crippen LogP contribution is 2.24. The van der Waals surface area contributed by atoms with Gasteiger partial charge in [0.05, 0.1) is 11.0 Å². The van der Waals surface area contributed by atoms with Crippen molar-refractivity contribution in [1.82, 2.24) is 9.55 Å². The van der Waals surface area contributed by atoms with Crippen molar-refractivity contribution in [3.05, 3.63) is 69.8 Å². The highest BCUT2D eigenvalue weighted by Gasteiger charge is 2.08. The summed E-state index contributed by atoms with van der Waals surface area (Å²) in [5.41, 5.74) is 4.11. The van der Waals surface area contributed by atoms with Crippen LogP contribution in [0, 0.1) is 0 Å². The molecule has 2 heterocycles. The lowest BCUT2D eigenvalue weighted by molar-refractivity contribution is 0.528. The highest BCUT2D eigenvalue weighted by atomic mass is 35.5. The number of fused-ring (bicyclic) bond motifs is 2. The lowest BCUT2D eigenvalue weighted by Crippen LogP contribution is -2.08. The average molecular weight is 340 g/mol. The Morgan fingerprint density at radius 1 is 1.25 bits per heavy atom. The van der Waals surface area contributed by atoms with Gasteiger partial charge in [-0.25, -0.2) is 4.79 Å². The summed E-state index contributed by atoms with van der Waals surface area (Å²) in [5, 5.41) is 5.01. The van der Waals surface area contributed by atoms with Crippen LogP contribution in [0.1, 0.15) is 5.56 Å². The number of hydrogen-bond donors (Lipinski definition) is 1. The maximum absolute atomic E-state index is 11.6. The summed E-state index contributed by atoms with van der Waals surface area (Å²) in [6.07, 6.45) is 1.77. The van der Waals surface area contributed by atoms with Crippen LogP contribution >= 0.6 is 11.6 Å². The first-order valence-electron chi connectivity index (χ1n) is 7.48. The van der Waals surface area contributed by atoms with Crippen LogP contribution in [0.15, 0.2) is 57.9 Å². The molecule has 0 spiro atoms. The van der Waals surface area contributed by atoms with E-state index in [0.717, 1.165) is 27.7 Å². The van der Waals surface area contributed by atoms with Crippen LogP contribution in [-0.2, 0) is 13.6 Å². The van der Waals surface area contributed by atoms with E-state index < -0.39 is 0 Å². The number of rotatable bonds is 3. The number of anilines is 1. The average Bonchev–Trinajstić information content (AvgIpc) is 2.86. The van der Waals surface area contributed by atoms with Gasteiger partial charge in [0, 0.05) is 42.0 Å². The van der Waals surface area contributed by atoms with Crippen LogP contribution in [0.5, 0.6) is 0 Å². The Labute approximate surface area is 142 Å². The number of halogens is 1. The second-order valence-electron chi connectivity index (χ2n) is 5.60. The SMILES string of the molecule is Cn1c(=O)oc2cc(NCc3cc(Cl)cc4cccnc34)ccc21. The van der Waals surface area contributed by atoms with E-state index in [0.29, 0.717) is 17.2 Å². The number of hydrogen-bond acceptors (Lipinski definition) is 4. The molecule has 0 aliphatic carbocycles. The number of pyridine rings is 1. The maximum Gasteiger partial charge on any atom is 0.419 e. The van der Waals surface area contributed by atoms with Gasteiger partial charge in [0.15, 0.2) is 5.58 Å². The van der Waals surface area contributed by atoms with Gasteiger partial charge in [-0.15, -0.1) is 0 Å². The topological polar surface area (TPSA) is 60.1 Å². The molecule has 0 bridgehead atoms. The van der Waals surface area contributed by atoms with E-state index in [4.69, 9.17) is 16.0 Å². The molecule has 6 heteroatoms.